The van der Waals surface area contributed by atoms with Gasteiger partial charge >= 0.3 is 0 Å². The summed E-state index contributed by atoms with van der Waals surface area (Å²) in [7, 11) is 2.04. The number of aryl methyl sites for hydroxylation is 3. The molecule has 1 fully saturated rings. The average Bonchev–Trinajstić information content (AvgIpc) is 2.74. The number of nitrogens with one attached hydrogen (secondary N) is 1. The third-order valence-electron chi connectivity index (χ3n) is 4.43. The van der Waals surface area contributed by atoms with Gasteiger partial charge in [-0.05, 0) is 58.7 Å². The van der Waals surface area contributed by atoms with Gasteiger partial charge in [0.2, 0.25) is 0 Å². The van der Waals surface area contributed by atoms with E-state index in [1.165, 1.54) is 28.7 Å². The van der Waals surface area contributed by atoms with Crippen molar-refractivity contribution >= 4 is 27.4 Å². The number of thiophene rings is 1. The van der Waals surface area contributed by atoms with Crippen LogP contribution in [0.15, 0.2) is 0 Å². The molecule has 1 aliphatic rings. The zero-order chi connectivity index (χ0) is 15.0. The minimum Gasteiger partial charge on any atom is -0.356 e. The summed E-state index contributed by atoms with van der Waals surface area (Å²) in [6.07, 6.45) is 2.56. The lowest BCUT2D eigenvalue weighted by Gasteiger charge is -2.34. The number of nitrogens with zero attached hydrogens (tertiary/aromatic N) is 3. The molecule has 0 saturated carbocycles. The Balaban J connectivity index is 2.02. The highest BCUT2D eigenvalue weighted by molar-refractivity contribution is 7.18. The lowest BCUT2D eigenvalue weighted by Crippen LogP contribution is -2.39. The molecule has 5 heteroatoms. The van der Waals surface area contributed by atoms with E-state index in [0.29, 0.717) is 5.92 Å². The zero-order valence-corrected chi connectivity index (χ0v) is 14.2. The van der Waals surface area contributed by atoms with E-state index in [2.05, 4.69) is 29.0 Å². The van der Waals surface area contributed by atoms with Crippen LogP contribution in [0.3, 0.4) is 0 Å². The maximum absolute atomic E-state index is 4.79. The van der Waals surface area contributed by atoms with Gasteiger partial charge in [0.25, 0.3) is 0 Å². The van der Waals surface area contributed by atoms with Crippen LogP contribution in [-0.2, 0) is 0 Å². The number of fused-ring (bicyclic) bond motifs is 1. The molecular formula is C16H24N4S. The number of piperidine rings is 1. The molecule has 2 aromatic rings. The summed E-state index contributed by atoms with van der Waals surface area (Å²) in [5.74, 6) is 2.75. The van der Waals surface area contributed by atoms with Crippen LogP contribution in [0.2, 0.25) is 0 Å². The van der Waals surface area contributed by atoms with Gasteiger partial charge in [0, 0.05) is 18.0 Å². The van der Waals surface area contributed by atoms with E-state index >= 15 is 0 Å². The maximum Gasteiger partial charge on any atom is 0.141 e. The molecule has 0 radical (unpaired) electrons. The van der Waals surface area contributed by atoms with Gasteiger partial charge in [0.1, 0.15) is 16.5 Å². The molecule has 1 saturated heterocycles. The van der Waals surface area contributed by atoms with Crippen molar-refractivity contribution < 1.29 is 0 Å². The average molecular weight is 304 g/mol. The van der Waals surface area contributed by atoms with Gasteiger partial charge < -0.3 is 10.2 Å². The fraction of sp³-hybridized carbons (Fsp3) is 0.625. The SMILES string of the molecule is CNCC1CCCN(c2nc(C)nc3sc(C)c(C)c23)C1. The van der Waals surface area contributed by atoms with Crippen molar-refractivity contribution in [3.8, 4) is 0 Å². The quantitative estimate of drug-likeness (QED) is 0.946. The molecule has 21 heavy (non-hydrogen) atoms. The van der Waals surface area contributed by atoms with E-state index in [1.54, 1.807) is 11.3 Å². The fourth-order valence-corrected chi connectivity index (χ4v) is 4.34. The minimum absolute atomic E-state index is 0.717. The monoisotopic (exact) mass is 304 g/mol. The van der Waals surface area contributed by atoms with Crippen LogP contribution < -0.4 is 10.2 Å². The first kappa shape index (κ1) is 14.7. The molecule has 0 bridgehead atoms. The van der Waals surface area contributed by atoms with E-state index in [0.717, 1.165) is 36.1 Å². The van der Waals surface area contributed by atoms with E-state index < -0.39 is 0 Å². The first-order valence-corrected chi connectivity index (χ1v) is 8.55. The Hall–Kier alpha value is -1.20. The van der Waals surface area contributed by atoms with Crippen LogP contribution in [-0.4, -0.2) is 36.6 Å². The first-order valence-electron chi connectivity index (χ1n) is 7.74. The summed E-state index contributed by atoms with van der Waals surface area (Å²) < 4.78 is 0. The Morgan fingerprint density at radius 2 is 2.10 bits per heavy atom. The number of rotatable bonds is 3. The molecule has 4 nitrogen and oxygen atoms in total. The second kappa shape index (κ2) is 5.89. The molecule has 0 aliphatic carbocycles. The second-order valence-corrected chi connectivity index (χ2v) is 7.27. The van der Waals surface area contributed by atoms with Crippen molar-refractivity contribution in [2.45, 2.75) is 33.6 Å². The molecule has 0 spiro atoms. The van der Waals surface area contributed by atoms with Crippen molar-refractivity contribution in [1.82, 2.24) is 15.3 Å². The molecule has 1 aliphatic heterocycles. The van der Waals surface area contributed by atoms with Crippen molar-refractivity contribution in [2.24, 2.45) is 5.92 Å². The molecule has 1 atom stereocenters. The van der Waals surface area contributed by atoms with E-state index in [4.69, 9.17) is 4.98 Å². The standard InChI is InChI=1S/C16H24N4S/c1-10-11(2)21-16-14(10)15(18-12(3)19-16)20-7-5-6-13(9-20)8-17-4/h13,17H,5-9H2,1-4H3. The largest absolute Gasteiger partial charge is 0.356 e. The predicted octanol–water partition coefficient (Wildman–Crippen LogP) is 3.05. The number of anilines is 1. The third kappa shape index (κ3) is 2.77. The highest BCUT2D eigenvalue weighted by Gasteiger charge is 2.24. The molecule has 1 unspecified atom stereocenters. The van der Waals surface area contributed by atoms with E-state index in [9.17, 15) is 0 Å². The summed E-state index contributed by atoms with van der Waals surface area (Å²) in [6.45, 7) is 9.68. The zero-order valence-electron chi connectivity index (χ0n) is 13.4. The molecule has 3 rings (SSSR count). The normalized spacial score (nSPS) is 19.4. The highest BCUT2D eigenvalue weighted by Crippen LogP contribution is 2.36. The van der Waals surface area contributed by atoms with Crippen LogP contribution in [0.5, 0.6) is 0 Å². The number of aromatic nitrogens is 2. The van der Waals surface area contributed by atoms with Crippen LogP contribution in [0.1, 0.15) is 29.1 Å². The molecular weight excluding hydrogens is 280 g/mol. The Morgan fingerprint density at radius 3 is 2.86 bits per heavy atom. The summed E-state index contributed by atoms with van der Waals surface area (Å²) in [5, 5.41) is 4.59. The van der Waals surface area contributed by atoms with Crippen molar-refractivity contribution in [1.29, 1.82) is 0 Å². The van der Waals surface area contributed by atoms with Crippen LogP contribution in [0.4, 0.5) is 5.82 Å². The van der Waals surface area contributed by atoms with Crippen LogP contribution >= 0.6 is 11.3 Å². The molecule has 114 valence electrons. The topological polar surface area (TPSA) is 41.0 Å². The van der Waals surface area contributed by atoms with Crippen molar-refractivity contribution in [2.75, 3.05) is 31.6 Å². The minimum atomic E-state index is 0.717. The summed E-state index contributed by atoms with van der Waals surface area (Å²) in [5.41, 5.74) is 1.35. The molecule has 0 amide bonds. The number of hydrogen-bond acceptors (Lipinski definition) is 5. The van der Waals surface area contributed by atoms with E-state index in [1.807, 2.05) is 14.0 Å². The fourth-order valence-electron chi connectivity index (χ4n) is 3.27. The molecule has 1 N–H and O–H groups in total. The van der Waals surface area contributed by atoms with Gasteiger partial charge in [-0.1, -0.05) is 0 Å². The molecule has 2 aromatic heterocycles. The highest BCUT2D eigenvalue weighted by atomic mass is 32.1. The lowest BCUT2D eigenvalue weighted by molar-refractivity contribution is 0.401. The van der Waals surface area contributed by atoms with Gasteiger partial charge in [-0.15, -0.1) is 11.3 Å². The Labute approximate surface area is 130 Å². The van der Waals surface area contributed by atoms with Gasteiger partial charge in [-0.3, -0.25) is 0 Å². The summed E-state index contributed by atoms with van der Waals surface area (Å²) >= 11 is 1.79. The number of hydrogen-bond donors (Lipinski definition) is 1. The lowest BCUT2D eigenvalue weighted by atomic mass is 9.97. The van der Waals surface area contributed by atoms with Crippen molar-refractivity contribution in [3.05, 3.63) is 16.3 Å². The second-order valence-electron chi connectivity index (χ2n) is 6.07. The van der Waals surface area contributed by atoms with Gasteiger partial charge in [0.15, 0.2) is 0 Å². The first-order chi connectivity index (χ1) is 10.1. The van der Waals surface area contributed by atoms with Crippen LogP contribution in [0.25, 0.3) is 10.2 Å². The third-order valence-corrected chi connectivity index (χ3v) is 5.53. The molecule has 3 heterocycles. The van der Waals surface area contributed by atoms with Crippen LogP contribution in [0, 0.1) is 26.7 Å². The Morgan fingerprint density at radius 1 is 1.29 bits per heavy atom. The van der Waals surface area contributed by atoms with Gasteiger partial charge in [-0.2, -0.15) is 0 Å². The smallest absolute Gasteiger partial charge is 0.141 e. The Kier molecular flexibility index (Phi) is 4.13. The Bertz CT molecular complexity index is 647. The maximum atomic E-state index is 4.79. The summed E-state index contributed by atoms with van der Waals surface area (Å²) in [6, 6.07) is 0. The predicted molar refractivity (Wildman–Crippen MR) is 90.5 cm³/mol. The molecule has 0 aromatic carbocycles. The van der Waals surface area contributed by atoms with Crippen molar-refractivity contribution in [3.63, 3.8) is 0 Å². The van der Waals surface area contributed by atoms with Gasteiger partial charge in [0.05, 0.1) is 5.39 Å². The van der Waals surface area contributed by atoms with Gasteiger partial charge in [-0.25, -0.2) is 9.97 Å². The summed E-state index contributed by atoms with van der Waals surface area (Å²) in [4.78, 5) is 14.4. The van der Waals surface area contributed by atoms with E-state index in [-0.39, 0.29) is 0 Å².